The summed E-state index contributed by atoms with van der Waals surface area (Å²) < 4.78 is 6.85. The third-order valence-electron chi connectivity index (χ3n) is 8.77. The molecule has 46 heavy (non-hydrogen) atoms. The molecule has 1 fully saturated rings. The van der Waals surface area contributed by atoms with Crippen LogP contribution in [0.4, 0.5) is 5.69 Å². The van der Waals surface area contributed by atoms with Gasteiger partial charge in [0.1, 0.15) is 5.56 Å². The number of carbonyl (C=O) groups is 2. The predicted octanol–water partition coefficient (Wildman–Crippen LogP) is 3.95. The zero-order valence-corrected chi connectivity index (χ0v) is 26.5. The number of anilines is 1. The van der Waals surface area contributed by atoms with E-state index >= 15 is 0 Å². The lowest BCUT2D eigenvalue weighted by atomic mass is 9.96. The number of aryl methyl sites for hydroxylation is 1. The third kappa shape index (κ3) is 6.01. The molecule has 238 valence electrons. The Bertz CT molecular complexity index is 1890. The van der Waals surface area contributed by atoms with Crippen molar-refractivity contribution in [3.8, 4) is 28.3 Å². The first-order valence-electron chi connectivity index (χ1n) is 15.2. The summed E-state index contributed by atoms with van der Waals surface area (Å²) in [7, 11) is 3.05. The van der Waals surface area contributed by atoms with Crippen molar-refractivity contribution in [3.63, 3.8) is 0 Å². The van der Waals surface area contributed by atoms with Crippen molar-refractivity contribution in [3.05, 3.63) is 92.4 Å². The standard InChI is InChI=1S/C34H35ClN6O5/c1-18-21(6-5-9-25(18)39-32(44)24-13-15-37-41(2)34(24)45)22-7-4-8-23(30(22)35)26-16-19-17-27(42)31(29(19)33(40-26)46-3)36-14-12-20-10-11-28(43)38-20/h4-9,13,15-16,20,27,31,36,42H,10-12,14,17H2,1-3H3,(H,38,43)(H,39,44)/t20-,27+,31-/m0/s1. The number of hydrogen-bond donors (Lipinski definition) is 4. The lowest BCUT2D eigenvalue weighted by Crippen LogP contribution is -2.34. The van der Waals surface area contributed by atoms with Crippen LogP contribution in [0.25, 0.3) is 22.4 Å². The maximum absolute atomic E-state index is 13.0. The Hall–Kier alpha value is -4.58. The normalized spacial score (nSPS) is 18.7. The van der Waals surface area contributed by atoms with Gasteiger partial charge in [-0.3, -0.25) is 14.4 Å². The highest BCUT2D eigenvalue weighted by Gasteiger charge is 2.35. The summed E-state index contributed by atoms with van der Waals surface area (Å²) in [5.41, 5.74) is 5.41. The second-order valence-corrected chi connectivity index (χ2v) is 12.0. The quantitative estimate of drug-likeness (QED) is 0.215. The van der Waals surface area contributed by atoms with Gasteiger partial charge in [-0.05, 0) is 61.2 Å². The van der Waals surface area contributed by atoms with E-state index in [1.807, 2.05) is 43.3 Å². The molecular formula is C34H35ClN6O5. The van der Waals surface area contributed by atoms with Crippen LogP contribution < -0.4 is 26.2 Å². The first-order valence-corrected chi connectivity index (χ1v) is 15.5. The van der Waals surface area contributed by atoms with Gasteiger partial charge < -0.3 is 25.8 Å². The van der Waals surface area contributed by atoms with Gasteiger partial charge in [0.15, 0.2) is 0 Å². The summed E-state index contributed by atoms with van der Waals surface area (Å²) in [6.45, 7) is 2.51. The van der Waals surface area contributed by atoms with Crippen LogP contribution in [0.2, 0.25) is 5.02 Å². The zero-order chi connectivity index (χ0) is 32.5. The van der Waals surface area contributed by atoms with E-state index in [1.165, 1.54) is 19.3 Å². The number of carbonyl (C=O) groups excluding carboxylic acids is 2. The molecule has 1 aliphatic heterocycles. The van der Waals surface area contributed by atoms with Gasteiger partial charge in [-0.25, -0.2) is 9.67 Å². The molecule has 4 aromatic rings. The Morgan fingerprint density at radius 1 is 1.15 bits per heavy atom. The van der Waals surface area contributed by atoms with Crippen LogP contribution in [-0.2, 0) is 18.3 Å². The number of nitrogens with one attached hydrogen (secondary N) is 3. The number of aromatic nitrogens is 3. The van der Waals surface area contributed by atoms with E-state index in [-0.39, 0.29) is 23.6 Å². The van der Waals surface area contributed by atoms with Gasteiger partial charge in [-0.1, -0.05) is 41.9 Å². The number of hydrogen-bond acceptors (Lipinski definition) is 8. The summed E-state index contributed by atoms with van der Waals surface area (Å²) in [5.74, 6) is -0.0283. The molecule has 1 aliphatic carbocycles. The van der Waals surface area contributed by atoms with Crippen molar-refractivity contribution in [1.82, 2.24) is 25.4 Å². The lowest BCUT2D eigenvalue weighted by Gasteiger charge is -2.21. The minimum atomic E-state index is -0.658. The average Bonchev–Trinajstić information content (AvgIpc) is 3.60. The molecule has 2 amide bonds. The molecule has 11 nitrogen and oxygen atoms in total. The number of nitrogens with zero attached hydrogens (tertiary/aromatic N) is 3. The Balaban J connectivity index is 1.28. The number of fused-ring (bicyclic) bond motifs is 1. The van der Waals surface area contributed by atoms with E-state index in [2.05, 4.69) is 21.0 Å². The molecule has 2 aliphatic rings. The number of aliphatic hydroxyl groups excluding tert-OH is 1. The van der Waals surface area contributed by atoms with Crippen LogP contribution in [0, 0.1) is 6.92 Å². The van der Waals surface area contributed by atoms with E-state index in [4.69, 9.17) is 21.3 Å². The van der Waals surface area contributed by atoms with Crippen LogP contribution in [0.1, 0.15) is 52.4 Å². The Kier molecular flexibility index (Phi) is 8.90. The molecule has 2 aromatic carbocycles. The van der Waals surface area contributed by atoms with Crippen molar-refractivity contribution in [1.29, 1.82) is 0 Å². The van der Waals surface area contributed by atoms with E-state index in [0.29, 0.717) is 47.2 Å². The summed E-state index contributed by atoms with van der Waals surface area (Å²) in [4.78, 5) is 41.8. The highest BCUT2D eigenvalue weighted by Crippen LogP contribution is 2.43. The first kappa shape index (κ1) is 31.4. The monoisotopic (exact) mass is 642 g/mol. The van der Waals surface area contributed by atoms with Crippen LogP contribution >= 0.6 is 11.6 Å². The van der Waals surface area contributed by atoms with Gasteiger partial charge in [0.2, 0.25) is 11.8 Å². The topological polar surface area (TPSA) is 147 Å². The van der Waals surface area contributed by atoms with Gasteiger partial charge in [0.05, 0.1) is 30.0 Å². The third-order valence-corrected chi connectivity index (χ3v) is 9.17. The van der Waals surface area contributed by atoms with Gasteiger partial charge in [-0.2, -0.15) is 5.10 Å². The molecule has 1 saturated heterocycles. The molecule has 0 saturated carbocycles. The fourth-order valence-corrected chi connectivity index (χ4v) is 6.65. The minimum Gasteiger partial charge on any atom is -0.481 e. The molecule has 0 radical (unpaired) electrons. The number of amides is 2. The van der Waals surface area contributed by atoms with Crippen LogP contribution in [0.3, 0.4) is 0 Å². The lowest BCUT2D eigenvalue weighted by molar-refractivity contribution is -0.119. The number of aliphatic hydroxyl groups is 1. The van der Waals surface area contributed by atoms with E-state index in [9.17, 15) is 19.5 Å². The van der Waals surface area contributed by atoms with Crippen molar-refractivity contribution in [2.24, 2.45) is 7.05 Å². The van der Waals surface area contributed by atoms with Crippen molar-refractivity contribution in [2.45, 2.75) is 50.8 Å². The van der Waals surface area contributed by atoms with Gasteiger partial charge >= 0.3 is 0 Å². The molecular weight excluding hydrogens is 608 g/mol. The van der Waals surface area contributed by atoms with Gasteiger partial charge in [0, 0.05) is 54.5 Å². The average molecular weight is 643 g/mol. The Labute approximate surface area is 271 Å². The van der Waals surface area contributed by atoms with Gasteiger partial charge in [-0.15, -0.1) is 0 Å². The second kappa shape index (κ2) is 13.0. The van der Waals surface area contributed by atoms with Crippen LogP contribution in [-0.4, -0.2) is 57.5 Å². The fourth-order valence-electron chi connectivity index (χ4n) is 6.33. The summed E-state index contributed by atoms with van der Waals surface area (Å²) in [6.07, 6.45) is 3.33. The molecule has 3 heterocycles. The minimum absolute atomic E-state index is 0.0103. The molecule has 2 aromatic heterocycles. The molecule has 0 unspecified atom stereocenters. The largest absolute Gasteiger partial charge is 0.481 e. The SMILES string of the molecule is COc1nc(-c2cccc(-c3cccc(NC(=O)c4ccnn(C)c4=O)c3C)c2Cl)cc2c1[C@@H](NCC[C@@H]1CCC(=O)N1)[C@H](O)C2. The van der Waals surface area contributed by atoms with Crippen LogP contribution in [0.15, 0.2) is 59.5 Å². The second-order valence-electron chi connectivity index (χ2n) is 11.7. The Morgan fingerprint density at radius 3 is 2.67 bits per heavy atom. The van der Waals surface area contributed by atoms with Crippen molar-refractivity contribution < 1.29 is 19.4 Å². The highest BCUT2D eigenvalue weighted by molar-refractivity contribution is 6.36. The highest BCUT2D eigenvalue weighted by atomic mass is 35.5. The number of benzene rings is 2. The number of pyridine rings is 1. The van der Waals surface area contributed by atoms with Gasteiger partial charge in [0.25, 0.3) is 11.5 Å². The summed E-state index contributed by atoms with van der Waals surface area (Å²) >= 11 is 7.08. The summed E-state index contributed by atoms with van der Waals surface area (Å²) in [5, 5.41) is 24.6. The van der Waals surface area contributed by atoms with E-state index < -0.39 is 17.6 Å². The number of halogens is 1. The fraction of sp³-hybridized carbons (Fsp3) is 0.324. The first-order chi connectivity index (χ1) is 22.2. The Morgan fingerprint density at radius 2 is 1.91 bits per heavy atom. The maximum Gasteiger partial charge on any atom is 0.279 e. The molecule has 4 N–H and O–H groups in total. The molecule has 12 heteroatoms. The van der Waals surface area contributed by atoms with Crippen molar-refractivity contribution in [2.75, 3.05) is 19.0 Å². The molecule has 0 bridgehead atoms. The van der Waals surface area contributed by atoms with E-state index in [1.54, 1.807) is 13.2 Å². The van der Waals surface area contributed by atoms with Crippen LogP contribution in [0.5, 0.6) is 5.88 Å². The van der Waals surface area contributed by atoms with Crippen molar-refractivity contribution >= 4 is 29.1 Å². The van der Waals surface area contributed by atoms with E-state index in [0.717, 1.165) is 45.3 Å². The molecule has 3 atom stereocenters. The predicted molar refractivity (Wildman–Crippen MR) is 175 cm³/mol. The maximum atomic E-state index is 13.0. The smallest absolute Gasteiger partial charge is 0.279 e. The number of ether oxygens (including phenoxy) is 1. The zero-order valence-electron chi connectivity index (χ0n) is 25.8. The number of rotatable bonds is 9. The summed E-state index contributed by atoms with van der Waals surface area (Å²) in [6, 6.07) is 14.3. The molecule has 0 spiro atoms. The molecule has 6 rings (SSSR count). The number of methoxy groups -OCH3 is 1.